The predicted octanol–water partition coefficient (Wildman–Crippen LogP) is 7.61. The molecule has 1 aromatic carbocycles. The maximum atomic E-state index is 6.05. The zero-order valence-corrected chi connectivity index (χ0v) is 17.5. The molecule has 1 aromatic heterocycles. The quantitative estimate of drug-likeness (QED) is 0.340. The number of hydrogen-bond donors (Lipinski definition) is 0. The SMILES string of the molecule is CCCCCCc1ccc(-c2ccc(OC(C)CCCCCC)cc2)cn1. The lowest BCUT2D eigenvalue weighted by Gasteiger charge is -2.15. The second-order valence-electron chi connectivity index (χ2n) is 7.65. The Bertz CT molecular complexity index is 618. The van der Waals surface area contributed by atoms with Gasteiger partial charge in [-0.25, -0.2) is 0 Å². The molecule has 0 amide bonds. The molecule has 0 fully saturated rings. The first-order valence-corrected chi connectivity index (χ1v) is 10.9. The van der Waals surface area contributed by atoms with E-state index in [0.717, 1.165) is 18.6 Å². The van der Waals surface area contributed by atoms with Gasteiger partial charge in [0.25, 0.3) is 0 Å². The molecule has 0 saturated carbocycles. The van der Waals surface area contributed by atoms with Crippen LogP contribution in [0.5, 0.6) is 5.75 Å². The molecule has 2 rings (SSSR count). The number of unbranched alkanes of at least 4 members (excludes halogenated alkanes) is 6. The maximum Gasteiger partial charge on any atom is 0.119 e. The molecule has 0 radical (unpaired) electrons. The molecule has 0 spiro atoms. The molecular weight excluding hydrogens is 330 g/mol. The number of pyridine rings is 1. The van der Waals surface area contributed by atoms with Crippen molar-refractivity contribution in [3.05, 3.63) is 48.3 Å². The molecule has 2 heteroatoms. The third kappa shape index (κ3) is 8.15. The van der Waals surface area contributed by atoms with E-state index in [0.29, 0.717) is 0 Å². The van der Waals surface area contributed by atoms with Crippen molar-refractivity contribution < 1.29 is 4.74 Å². The Morgan fingerprint density at radius 2 is 1.44 bits per heavy atom. The average Bonchev–Trinajstić information content (AvgIpc) is 2.70. The normalized spacial score (nSPS) is 12.1. The molecule has 1 unspecified atom stereocenters. The van der Waals surface area contributed by atoms with Crippen molar-refractivity contribution in [1.29, 1.82) is 0 Å². The molecule has 27 heavy (non-hydrogen) atoms. The van der Waals surface area contributed by atoms with E-state index in [2.05, 4.69) is 62.2 Å². The van der Waals surface area contributed by atoms with Gasteiger partial charge in [-0.2, -0.15) is 0 Å². The van der Waals surface area contributed by atoms with Gasteiger partial charge in [0.2, 0.25) is 0 Å². The van der Waals surface area contributed by atoms with Crippen LogP contribution in [-0.2, 0) is 6.42 Å². The number of aryl methyl sites for hydroxylation is 1. The Balaban J connectivity index is 1.82. The fourth-order valence-electron chi connectivity index (χ4n) is 3.35. The summed E-state index contributed by atoms with van der Waals surface area (Å²) >= 11 is 0. The monoisotopic (exact) mass is 367 g/mol. The van der Waals surface area contributed by atoms with Crippen LogP contribution < -0.4 is 4.74 Å². The zero-order chi connectivity index (χ0) is 19.3. The van der Waals surface area contributed by atoms with Gasteiger partial charge in [0.15, 0.2) is 0 Å². The lowest BCUT2D eigenvalue weighted by Crippen LogP contribution is -2.11. The number of hydrogen-bond acceptors (Lipinski definition) is 2. The Labute approximate surface area is 166 Å². The average molecular weight is 368 g/mol. The molecule has 0 aliphatic rings. The summed E-state index contributed by atoms with van der Waals surface area (Å²) in [4.78, 5) is 4.64. The first-order valence-electron chi connectivity index (χ1n) is 10.9. The van der Waals surface area contributed by atoms with Crippen LogP contribution in [-0.4, -0.2) is 11.1 Å². The largest absolute Gasteiger partial charge is 0.491 e. The molecule has 2 nitrogen and oxygen atoms in total. The van der Waals surface area contributed by atoms with Crippen molar-refractivity contribution >= 4 is 0 Å². The molecular formula is C25H37NO. The Morgan fingerprint density at radius 1 is 0.778 bits per heavy atom. The highest BCUT2D eigenvalue weighted by molar-refractivity contribution is 5.63. The van der Waals surface area contributed by atoms with Crippen LogP contribution in [0.2, 0.25) is 0 Å². The van der Waals surface area contributed by atoms with Gasteiger partial charge in [-0.05, 0) is 56.4 Å². The van der Waals surface area contributed by atoms with E-state index in [4.69, 9.17) is 4.74 Å². The molecule has 0 aliphatic carbocycles. The van der Waals surface area contributed by atoms with Crippen molar-refractivity contribution in [3.8, 4) is 16.9 Å². The van der Waals surface area contributed by atoms with Gasteiger partial charge in [-0.15, -0.1) is 0 Å². The molecule has 0 bridgehead atoms. The van der Waals surface area contributed by atoms with Crippen LogP contribution in [0.25, 0.3) is 11.1 Å². The van der Waals surface area contributed by atoms with E-state index in [1.165, 1.54) is 68.2 Å². The molecule has 0 N–H and O–H groups in total. The lowest BCUT2D eigenvalue weighted by atomic mass is 10.1. The highest BCUT2D eigenvalue weighted by atomic mass is 16.5. The highest BCUT2D eigenvalue weighted by Crippen LogP contribution is 2.23. The second-order valence-corrected chi connectivity index (χ2v) is 7.65. The number of ether oxygens (including phenoxy) is 1. The fraction of sp³-hybridized carbons (Fsp3) is 0.560. The summed E-state index contributed by atoms with van der Waals surface area (Å²) in [6.07, 6.45) is 14.8. The Morgan fingerprint density at radius 3 is 2.07 bits per heavy atom. The topological polar surface area (TPSA) is 22.1 Å². The fourth-order valence-corrected chi connectivity index (χ4v) is 3.35. The van der Waals surface area contributed by atoms with Crippen LogP contribution in [0.15, 0.2) is 42.6 Å². The Kier molecular flexibility index (Phi) is 9.97. The molecule has 1 atom stereocenters. The smallest absolute Gasteiger partial charge is 0.119 e. The van der Waals surface area contributed by atoms with Gasteiger partial charge in [-0.3, -0.25) is 4.98 Å². The number of nitrogens with zero attached hydrogens (tertiary/aromatic N) is 1. The summed E-state index contributed by atoms with van der Waals surface area (Å²) in [6, 6.07) is 12.8. The molecule has 0 aliphatic heterocycles. The van der Waals surface area contributed by atoms with Gasteiger partial charge in [0.1, 0.15) is 5.75 Å². The third-order valence-electron chi connectivity index (χ3n) is 5.10. The van der Waals surface area contributed by atoms with Gasteiger partial charge in [0.05, 0.1) is 6.10 Å². The minimum atomic E-state index is 0.279. The van der Waals surface area contributed by atoms with Crippen molar-refractivity contribution in [2.24, 2.45) is 0 Å². The summed E-state index contributed by atoms with van der Waals surface area (Å²) in [5, 5.41) is 0. The van der Waals surface area contributed by atoms with E-state index in [-0.39, 0.29) is 6.10 Å². The highest BCUT2D eigenvalue weighted by Gasteiger charge is 2.05. The summed E-state index contributed by atoms with van der Waals surface area (Å²) in [5.41, 5.74) is 3.57. The zero-order valence-electron chi connectivity index (χ0n) is 17.5. The number of rotatable bonds is 13. The van der Waals surface area contributed by atoms with Crippen LogP contribution in [0, 0.1) is 0 Å². The van der Waals surface area contributed by atoms with Gasteiger partial charge >= 0.3 is 0 Å². The summed E-state index contributed by atoms with van der Waals surface area (Å²) in [6.45, 7) is 6.67. The van der Waals surface area contributed by atoms with Crippen LogP contribution in [0.4, 0.5) is 0 Å². The van der Waals surface area contributed by atoms with Crippen molar-refractivity contribution in [3.63, 3.8) is 0 Å². The molecule has 0 saturated heterocycles. The summed E-state index contributed by atoms with van der Waals surface area (Å²) in [7, 11) is 0. The van der Waals surface area contributed by atoms with Crippen LogP contribution >= 0.6 is 0 Å². The van der Waals surface area contributed by atoms with Crippen LogP contribution in [0.1, 0.15) is 84.3 Å². The Hall–Kier alpha value is -1.83. The van der Waals surface area contributed by atoms with E-state index in [9.17, 15) is 0 Å². The summed E-state index contributed by atoms with van der Waals surface area (Å²) < 4.78 is 6.05. The first-order chi connectivity index (χ1) is 13.2. The van der Waals surface area contributed by atoms with Gasteiger partial charge in [0, 0.05) is 17.5 Å². The minimum Gasteiger partial charge on any atom is -0.491 e. The van der Waals surface area contributed by atoms with Crippen molar-refractivity contribution in [2.75, 3.05) is 0 Å². The third-order valence-corrected chi connectivity index (χ3v) is 5.10. The van der Waals surface area contributed by atoms with Crippen molar-refractivity contribution in [1.82, 2.24) is 4.98 Å². The molecule has 148 valence electrons. The van der Waals surface area contributed by atoms with E-state index in [1.807, 2.05) is 6.20 Å². The van der Waals surface area contributed by atoms with E-state index >= 15 is 0 Å². The minimum absolute atomic E-state index is 0.279. The maximum absolute atomic E-state index is 6.05. The first kappa shape index (κ1) is 21.5. The van der Waals surface area contributed by atoms with Crippen LogP contribution in [0.3, 0.4) is 0 Å². The van der Waals surface area contributed by atoms with Crippen molar-refractivity contribution in [2.45, 2.75) is 91.1 Å². The summed E-state index contributed by atoms with van der Waals surface area (Å²) in [5.74, 6) is 0.960. The van der Waals surface area contributed by atoms with E-state index < -0.39 is 0 Å². The molecule has 2 aromatic rings. The lowest BCUT2D eigenvalue weighted by molar-refractivity contribution is 0.206. The van der Waals surface area contributed by atoms with Gasteiger partial charge in [-0.1, -0.05) is 70.6 Å². The molecule has 1 heterocycles. The number of aromatic nitrogens is 1. The standard InChI is InChI=1S/C25H37NO/c1-4-6-8-10-12-21(3)27-25-18-15-22(16-19-25)23-14-17-24(26-20-23)13-11-9-7-5-2/h14-21H,4-13H2,1-3H3. The predicted molar refractivity (Wildman–Crippen MR) is 116 cm³/mol. The second kappa shape index (κ2) is 12.5. The number of benzene rings is 1. The van der Waals surface area contributed by atoms with Gasteiger partial charge < -0.3 is 4.74 Å². The van der Waals surface area contributed by atoms with E-state index in [1.54, 1.807) is 0 Å².